The van der Waals surface area contributed by atoms with Crippen LogP contribution in [0.2, 0.25) is 0 Å². The molecule has 3 rings (SSSR count). The minimum Gasteiger partial charge on any atom is -0.493 e. The molecule has 0 amide bonds. The van der Waals surface area contributed by atoms with Gasteiger partial charge in [0.05, 0.1) is 14.2 Å². The Morgan fingerprint density at radius 1 is 1.00 bits per heavy atom. The van der Waals surface area contributed by atoms with Crippen molar-refractivity contribution in [2.75, 3.05) is 28.3 Å². The largest absolute Gasteiger partial charge is 0.493 e. The van der Waals surface area contributed by atoms with Crippen LogP contribution in [0.1, 0.15) is 11.1 Å². The number of ether oxygens (including phenoxy) is 3. The van der Waals surface area contributed by atoms with E-state index in [4.69, 9.17) is 14.2 Å². The fourth-order valence-electron chi connectivity index (χ4n) is 3.10. The first kappa shape index (κ1) is 26.2. The van der Waals surface area contributed by atoms with Gasteiger partial charge in [-0.15, -0.1) is 24.0 Å². The van der Waals surface area contributed by atoms with Crippen LogP contribution in [-0.2, 0) is 13.1 Å². The minimum absolute atomic E-state index is 0. The van der Waals surface area contributed by atoms with Crippen LogP contribution in [0.15, 0.2) is 65.8 Å². The summed E-state index contributed by atoms with van der Waals surface area (Å²) in [7, 11) is 6.79. The zero-order valence-electron chi connectivity index (χ0n) is 19.0. The molecule has 1 heterocycles. The van der Waals surface area contributed by atoms with E-state index in [-0.39, 0.29) is 29.8 Å². The van der Waals surface area contributed by atoms with Crippen LogP contribution >= 0.6 is 24.0 Å². The lowest BCUT2D eigenvalue weighted by Crippen LogP contribution is -2.38. The number of aliphatic imine (C=N–C) groups is 1. The molecule has 0 aliphatic heterocycles. The molecule has 0 aliphatic rings. The Bertz CT molecular complexity index is 1020. The number of halogens is 2. The molecule has 0 saturated carbocycles. The Morgan fingerprint density at radius 2 is 1.64 bits per heavy atom. The van der Waals surface area contributed by atoms with Crippen LogP contribution in [0.25, 0.3) is 0 Å². The first-order valence-corrected chi connectivity index (χ1v) is 10.0. The molecule has 1 N–H and O–H groups in total. The molecule has 1 aromatic heterocycles. The van der Waals surface area contributed by atoms with Gasteiger partial charge >= 0.3 is 0 Å². The maximum Gasteiger partial charge on any atom is 0.219 e. The molecule has 7 nitrogen and oxygen atoms in total. The zero-order valence-corrected chi connectivity index (χ0v) is 21.4. The summed E-state index contributed by atoms with van der Waals surface area (Å²) in [6.07, 6.45) is 1.73. The molecule has 0 radical (unpaired) electrons. The topological polar surface area (TPSA) is 68.2 Å². The molecule has 0 spiro atoms. The second-order valence-corrected chi connectivity index (χ2v) is 6.98. The first-order chi connectivity index (χ1) is 15.5. The Hall–Kier alpha value is -3.08. The number of benzene rings is 2. The molecule has 3 aromatic rings. The van der Waals surface area contributed by atoms with Gasteiger partial charge in [-0.25, -0.2) is 9.37 Å². The van der Waals surface area contributed by atoms with Crippen LogP contribution in [-0.4, -0.2) is 44.2 Å². The molecule has 0 aliphatic carbocycles. The van der Waals surface area contributed by atoms with Crippen molar-refractivity contribution in [1.82, 2.24) is 15.2 Å². The summed E-state index contributed by atoms with van der Waals surface area (Å²) in [6, 6.07) is 15.6. The number of aromatic nitrogens is 1. The number of guanidine groups is 1. The highest BCUT2D eigenvalue weighted by atomic mass is 127. The summed E-state index contributed by atoms with van der Waals surface area (Å²) in [5, 5.41) is 3.30. The van der Waals surface area contributed by atoms with Crippen LogP contribution in [0.5, 0.6) is 23.1 Å². The highest BCUT2D eigenvalue weighted by Crippen LogP contribution is 2.39. The van der Waals surface area contributed by atoms with Crippen molar-refractivity contribution in [1.29, 1.82) is 0 Å². The fourth-order valence-corrected chi connectivity index (χ4v) is 3.10. The standard InChI is InChI=1S/C24H27FN4O3.HI/c1-26-24(29(2)16-17-8-11-19(25)12-9-17)28-15-18-10-13-22(27-14-18)32-23-20(30-3)6-5-7-21(23)31-4;/h5-14H,15-16H2,1-4H3,(H,26,28);1H. The van der Waals surface area contributed by atoms with Gasteiger partial charge in [-0.3, -0.25) is 4.99 Å². The zero-order chi connectivity index (χ0) is 22.9. The SMILES string of the molecule is CN=C(NCc1ccc(Oc2c(OC)cccc2OC)nc1)N(C)Cc1ccc(F)cc1.I. The third-order valence-corrected chi connectivity index (χ3v) is 4.74. The average molecular weight is 566 g/mol. The first-order valence-electron chi connectivity index (χ1n) is 10.0. The highest BCUT2D eigenvalue weighted by Gasteiger charge is 2.13. The molecule has 2 aromatic carbocycles. The molecule has 0 saturated heterocycles. The third kappa shape index (κ3) is 7.21. The van der Waals surface area contributed by atoms with Gasteiger partial charge in [0.15, 0.2) is 17.5 Å². The normalized spacial score (nSPS) is 10.8. The molecule has 33 heavy (non-hydrogen) atoms. The van der Waals surface area contributed by atoms with E-state index in [1.54, 1.807) is 57.8 Å². The average Bonchev–Trinajstić information content (AvgIpc) is 2.82. The van der Waals surface area contributed by atoms with Crippen molar-refractivity contribution in [2.24, 2.45) is 4.99 Å². The van der Waals surface area contributed by atoms with Gasteiger partial charge in [0.2, 0.25) is 11.6 Å². The van der Waals surface area contributed by atoms with Gasteiger partial charge < -0.3 is 24.4 Å². The van der Waals surface area contributed by atoms with Gasteiger partial charge in [-0.1, -0.05) is 24.3 Å². The minimum atomic E-state index is -0.247. The van der Waals surface area contributed by atoms with E-state index in [0.29, 0.717) is 42.2 Å². The summed E-state index contributed by atoms with van der Waals surface area (Å²) in [5.41, 5.74) is 1.95. The summed E-state index contributed by atoms with van der Waals surface area (Å²) in [5.74, 6) is 2.49. The molecule has 0 bridgehead atoms. The van der Waals surface area contributed by atoms with Gasteiger partial charge in [-0.2, -0.15) is 0 Å². The molecule has 176 valence electrons. The van der Waals surface area contributed by atoms with E-state index in [9.17, 15) is 4.39 Å². The van der Waals surface area contributed by atoms with Crippen molar-refractivity contribution in [3.63, 3.8) is 0 Å². The van der Waals surface area contributed by atoms with Crippen LogP contribution in [0.3, 0.4) is 0 Å². The summed E-state index contributed by atoms with van der Waals surface area (Å²) in [4.78, 5) is 10.7. The maximum absolute atomic E-state index is 13.1. The van der Waals surface area contributed by atoms with E-state index in [0.717, 1.165) is 11.1 Å². The molecule has 9 heteroatoms. The molecule has 0 fully saturated rings. The van der Waals surface area contributed by atoms with E-state index in [2.05, 4.69) is 15.3 Å². The number of nitrogens with zero attached hydrogens (tertiary/aromatic N) is 3. The Kier molecular flexibility index (Phi) is 10.2. The number of hydrogen-bond acceptors (Lipinski definition) is 5. The monoisotopic (exact) mass is 566 g/mol. The van der Waals surface area contributed by atoms with Gasteiger partial charge in [0.25, 0.3) is 0 Å². The number of methoxy groups -OCH3 is 2. The summed E-state index contributed by atoms with van der Waals surface area (Å²) in [6.45, 7) is 1.14. The Balaban J connectivity index is 0.00000385. The van der Waals surface area contributed by atoms with Gasteiger partial charge in [-0.05, 0) is 35.4 Å². The van der Waals surface area contributed by atoms with E-state index in [1.165, 1.54) is 12.1 Å². The second kappa shape index (κ2) is 12.8. The van der Waals surface area contributed by atoms with Crippen molar-refractivity contribution in [3.05, 3.63) is 77.7 Å². The number of pyridine rings is 1. The summed E-state index contributed by atoms with van der Waals surface area (Å²) < 4.78 is 29.7. The predicted octanol–water partition coefficient (Wildman–Crippen LogP) is 4.86. The van der Waals surface area contributed by atoms with Gasteiger partial charge in [0, 0.05) is 39.4 Å². The lowest BCUT2D eigenvalue weighted by atomic mass is 10.2. The van der Waals surface area contributed by atoms with Crippen LogP contribution in [0, 0.1) is 5.82 Å². The van der Waals surface area contributed by atoms with Crippen molar-refractivity contribution < 1.29 is 18.6 Å². The lowest BCUT2D eigenvalue weighted by Gasteiger charge is -2.22. The Morgan fingerprint density at radius 3 is 2.18 bits per heavy atom. The van der Waals surface area contributed by atoms with E-state index in [1.807, 2.05) is 24.1 Å². The molecule has 0 unspecified atom stereocenters. The number of para-hydroxylation sites is 1. The molecular formula is C24H28FIN4O3. The maximum atomic E-state index is 13.1. The lowest BCUT2D eigenvalue weighted by molar-refractivity contribution is 0.342. The van der Waals surface area contributed by atoms with E-state index < -0.39 is 0 Å². The predicted molar refractivity (Wildman–Crippen MR) is 137 cm³/mol. The van der Waals surface area contributed by atoms with Crippen LogP contribution < -0.4 is 19.5 Å². The molecular weight excluding hydrogens is 538 g/mol. The fraction of sp³-hybridized carbons (Fsp3) is 0.250. The number of rotatable bonds is 8. The second-order valence-electron chi connectivity index (χ2n) is 6.98. The third-order valence-electron chi connectivity index (χ3n) is 4.74. The Labute approximate surface area is 210 Å². The van der Waals surface area contributed by atoms with Gasteiger partial charge in [0.1, 0.15) is 5.82 Å². The summed E-state index contributed by atoms with van der Waals surface area (Å²) >= 11 is 0. The molecule has 0 atom stereocenters. The van der Waals surface area contributed by atoms with Crippen LogP contribution in [0.4, 0.5) is 4.39 Å². The number of nitrogens with one attached hydrogen (secondary N) is 1. The van der Waals surface area contributed by atoms with Crippen molar-refractivity contribution in [3.8, 4) is 23.1 Å². The van der Waals surface area contributed by atoms with Crippen molar-refractivity contribution >= 4 is 29.9 Å². The smallest absolute Gasteiger partial charge is 0.219 e. The number of hydrogen-bond donors (Lipinski definition) is 1. The van der Waals surface area contributed by atoms with Crippen molar-refractivity contribution in [2.45, 2.75) is 13.1 Å². The quantitative estimate of drug-likeness (QED) is 0.239. The van der Waals surface area contributed by atoms with E-state index >= 15 is 0 Å². The highest BCUT2D eigenvalue weighted by molar-refractivity contribution is 14.0.